The van der Waals surface area contributed by atoms with E-state index in [1.165, 1.54) is 0 Å². The van der Waals surface area contributed by atoms with Crippen molar-refractivity contribution in [3.05, 3.63) is 0 Å². The Morgan fingerprint density at radius 2 is 1.69 bits per heavy atom. The highest BCUT2D eigenvalue weighted by atomic mass is 16.7. The van der Waals surface area contributed by atoms with E-state index in [9.17, 15) is 0 Å². The summed E-state index contributed by atoms with van der Waals surface area (Å²) in [5.74, 6) is 1.83. The molecule has 0 spiro atoms. The monoisotopic (exact) mass is 186 g/mol. The molecule has 5 atom stereocenters. The van der Waals surface area contributed by atoms with Crippen LogP contribution in [0.25, 0.3) is 0 Å². The van der Waals surface area contributed by atoms with Gasteiger partial charge in [-0.05, 0) is 18.3 Å². The van der Waals surface area contributed by atoms with Crippen LogP contribution in [0.15, 0.2) is 0 Å². The number of rotatable bonds is 2. The zero-order chi connectivity index (χ0) is 10.0. The van der Waals surface area contributed by atoms with E-state index in [1.54, 1.807) is 7.11 Å². The van der Waals surface area contributed by atoms with Crippen molar-refractivity contribution in [3.63, 3.8) is 0 Å². The van der Waals surface area contributed by atoms with E-state index in [1.807, 2.05) is 0 Å². The van der Waals surface area contributed by atoms with E-state index in [2.05, 4.69) is 27.7 Å². The van der Waals surface area contributed by atoms with Crippen LogP contribution in [0.3, 0.4) is 0 Å². The van der Waals surface area contributed by atoms with Gasteiger partial charge < -0.3 is 9.47 Å². The lowest BCUT2D eigenvalue weighted by Crippen LogP contribution is -2.45. The zero-order valence-electron chi connectivity index (χ0n) is 9.41. The summed E-state index contributed by atoms with van der Waals surface area (Å²) in [6.45, 7) is 8.96. The highest BCUT2D eigenvalue weighted by Crippen LogP contribution is 2.36. The maximum absolute atomic E-state index is 5.86. The smallest absolute Gasteiger partial charge is 0.160 e. The maximum atomic E-state index is 5.86. The SMILES string of the molecule is CC[C@H]1O[C@@H](OC)[C@@H](C)[C@@H](C)C1C. The summed E-state index contributed by atoms with van der Waals surface area (Å²) in [5, 5.41) is 0. The lowest BCUT2D eigenvalue weighted by molar-refractivity contribution is -0.237. The average Bonchev–Trinajstić information content (AvgIpc) is 2.15. The zero-order valence-corrected chi connectivity index (χ0v) is 9.41. The van der Waals surface area contributed by atoms with Crippen LogP contribution < -0.4 is 0 Å². The van der Waals surface area contributed by atoms with Gasteiger partial charge in [0.2, 0.25) is 0 Å². The molecule has 0 aliphatic carbocycles. The molecule has 78 valence electrons. The molecule has 0 amide bonds. The molecule has 1 aliphatic rings. The highest BCUT2D eigenvalue weighted by molar-refractivity contribution is 4.81. The molecule has 1 saturated heterocycles. The van der Waals surface area contributed by atoms with Crippen molar-refractivity contribution in [3.8, 4) is 0 Å². The van der Waals surface area contributed by atoms with Crippen molar-refractivity contribution < 1.29 is 9.47 Å². The van der Waals surface area contributed by atoms with E-state index >= 15 is 0 Å². The van der Waals surface area contributed by atoms with Crippen molar-refractivity contribution >= 4 is 0 Å². The molecule has 0 bridgehead atoms. The van der Waals surface area contributed by atoms with E-state index in [0.29, 0.717) is 23.9 Å². The van der Waals surface area contributed by atoms with Gasteiger partial charge >= 0.3 is 0 Å². The highest BCUT2D eigenvalue weighted by Gasteiger charge is 2.38. The molecular formula is C11H22O2. The Kier molecular flexibility index (Phi) is 3.74. The van der Waals surface area contributed by atoms with Crippen LogP contribution in [-0.4, -0.2) is 19.5 Å². The maximum Gasteiger partial charge on any atom is 0.160 e. The molecule has 0 aromatic rings. The Balaban J connectivity index is 2.66. The first kappa shape index (κ1) is 11.0. The Morgan fingerprint density at radius 1 is 1.08 bits per heavy atom. The fourth-order valence-electron chi connectivity index (χ4n) is 2.22. The predicted octanol–water partition coefficient (Wildman–Crippen LogP) is 2.68. The molecule has 2 nitrogen and oxygen atoms in total. The molecule has 1 fully saturated rings. The summed E-state index contributed by atoms with van der Waals surface area (Å²) in [6.07, 6.45) is 1.45. The molecule has 13 heavy (non-hydrogen) atoms. The Labute approximate surface area is 81.6 Å². The molecule has 0 radical (unpaired) electrons. The lowest BCUT2D eigenvalue weighted by atomic mass is 9.78. The van der Waals surface area contributed by atoms with Crippen molar-refractivity contribution in [2.24, 2.45) is 17.8 Å². The van der Waals surface area contributed by atoms with Crippen LogP contribution in [0, 0.1) is 17.8 Å². The second-order valence-corrected chi connectivity index (χ2v) is 4.26. The van der Waals surface area contributed by atoms with Crippen molar-refractivity contribution in [1.82, 2.24) is 0 Å². The summed E-state index contributed by atoms with van der Waals surface area (Å²) in [7, 11) is 1.73. The fraction of sp³-hybridized carbons (Fsp3) is 1.00. The van der Waals surface area contributed by atoms with Crippen LogP contribution in [-0.2, 0) is 9.47 Å². The number of hydrogen-bond acceptors (Lipinski definition) is 2. The van der Waals surface area contributed by atoms with E-state index in [-0.39, 0.29) is 6.29 Å². The van der Waals surface area contributed by atoms with Gasteiger partial charge in [0.25, 0.3) is 0 Å². The Hall–Kier alpha value is -0.0800. The summed E-state index contributed by atoms with van der Waals surface area (Å²) < 4.78 is 11.2. The standard InChI is InChI=1S/C11H22O2/c1-6-10-8(3)7(2)9(4)11(12-5)13-10/h7-11H,6H2,1-5H3/t7-,8?,9-,10+,11+/m0/s1. The van der Waals surface area contributed by atoms with Gasteiger partial charge in [-0.25, -0.2) is 0 Å². The quantitative estimate of drug-likeness (QED) is 0.660. The van der Waals surface area contributed by atoms with Gasteiger partial charge in [0.1, 0.15) is 0 Å². The number of ether oxygens (including phenoxy) is 2. The lowest BCUT2D eigenvalue weighted by Gasteiger charge is -2.42. The van der Waals surface area contributed by atoms with E-state index in [4.69, 9.17) is 9.47 Å². The molecule has 0 saturated carbocycles. The van der Waals surface area contributed by atoms with Gasteiger partial charge in [-0.3, -0.25) is 0 Å². The van der Waals surface area contributed by atoms with Gasteiger partial charge in [0.15, 0.2) is 6.29 Å². The number of methoxy groups -OCH3 is 1. The molecule has 0 aromatic carbocycles. The first-order valence-corrected chi connectivity index (χ1v) is 5.30. The van der Waals surface area contributed by atoms with Crippen molar-refractivity contribution in [1.29, 1.82) is 0 Å². The van der Waals surface area contributed by atoms with Crippen LogP contribution in [0.2, 0.25) is 0 Å². The Morgan fingerprint density at radius 3 is 2.15 bits per heavy atom. The first-order valence-electron chi connectivity index (χ1n) is 5.30. The molecule has 0 aromatic heterocycles. The third-order valence-electron chi connectivity index (χ3n) is 3.62. The second kappa shape index (κ2) is 4.43. The molecule has 1 aliphatic heterocycles. The van der Waals surface area contributed by atoms with Gasteiger partial charge in [-0.2, -0.15) is 0 Å². The second-order valence-electron chi connectivity index (χ2n) is 4.26. The largest absolute Gasteiger partial charge is 0.356 e. The summed E-state index contributed by atoms with van der Waals surface area (Å²) in [5.41, 5.74) is 0. The Bertz CT molecular complexity index is 138. The molecule has 1 heterocycles. The first-order chi connectivity index (χ1) is 6.11. The van der Waals surface area contributed by atoms with Gasteiger partial charge in [-0.1, -0.05) is 27.7 Å². The van der Waals surface area contributed by atoms with Crippen LogP contribution in [0.1, 0.15) is 34.1 Å². The minimum absolute atomic E-state index is 0.00356. The van der Waals surface area contributed by atoms with Crippen LogP contribution >= 0.6 is 0 Å². The molecule has 1 rings (SSSR count). The minimum Gasteiger partial charge on any atom is -0.356 e. The average molecular weight is 186 g/mol. The van der Waals surface area contributed by atoms with Crippen molar-refractivity contribution in [2.45, 2.75) is 46.5 Å². The third-order valence-corrected chi connectivity index (χ3v) is 3.62. The van der Waals surface area contributed by atoms with Gasteiger partial charge in [0, 0.05) is 13.0 Å². The number of hydrogen-bond donors (Lipinski definition) is 0. The minimum atomic E-state index is -0.00356. The summed E-state index contributed by atoms with van der Waals surface area (Å²) in [6, 6.07) is 0. The van der Waals surface area contributed by atoms with Crippen molar-refractivity contribution in [2.75, 3.05) is 7.11 Å². The van der Waals surface area contributed by atoms with E-state index in [0.717, 1.165) is 6.42 Å². The normalized spacial score (nSPS) is 46.4. The third kappa shape index (κ3) is 2.05. The topological polar surface area (TPSA) is 18.5 Å². The predicted molar refractivity (Wildman–Crippen MR) is 53.5 cm³/mol. The van der Waals surface area contributed by atoms with Gasteiger partial charge in [-0.15, -0.1) is 0 Å². The summed E-state index contributed by atoms with van der Waals surface area (Å²) in [4.78, 5) is 0. The van der Waals surface area contributed by atoms with Crippen LogP contribution in [0.5, 0.6) is 0 Å². The fourth-order valence-corrected chi connectivity index (χ4v) is 2.22. The molecule has 1 unspecified atom stereocenters. The van der Waals surface area contributed by atoms with Crippen LogP contribution in [0.4, 0.5) is 0 Å². The summed E-state index contributed by atoms with van der Waals surface area (Å²) >= 11 is 0. The van der Waals surface area contributed by atoms with E-state index < -0.39 is 0 Å². The molecular weight excluding hydrogens is 164 g/mol. The van der Waals surface area contributed by atoms with Gasteiger partial charge in [0.05, 0.1) is 6.10 Å². The molecule has 2 heteroatoms. The molecule has 0 N–H and O–H groups in total.